The Labute approximate surface area is 242 Å². The van der Waals surface area contributed by atoms with Gasteiger partial charge in [0.25, 0.3) is 5.91 Å². The number of halogens is 4. The number of carboxylic acids is 1. The van der Waals surface area contributed by atoms with Crippen molar-refractivity contribution < 1.29 is 45.5 Å². The average Bonchev–Trinajstić information content (AvgIpc) is 2.94. The summed E-state index contributed by atoms with van der Waals surface area (Å²) in [6.45, 7) is 3.25. The molecule has 1 aromatic carbocycles. The molecule has 3 aliphatic rings. The Morgan fingerprint density at radius 1 is 1.05 bits per heavy atom. The number of hydrogen-bond acceptors (Lipinski definition) is 6. The Morgan fingerprint density at radius 3 is 2.40 bits per heavy atom. The van der Waals surface area contributed by atoms with Crippen molar-refractivity contribution in [1.82, 2.24) is 20.3 Å². The van der Waals surface area contributed by atoms with Gasteiger partial charge in [-0.3, -0.25) is 9.59 Å². The fourth-order valence-electron chi connectivity index (χ4n) is 5.38. The first kappa shape index (κ1) is 33.5. The maximum Gasteiger partial charge on any atom is 0.490 e. The second-order valence-corrected chi connectivity index (χ2v) is 12.4. The van der Waals surface area contributed by atoms with Gasteiger partial charge in [-0.25, -0.2) is 22.3 Å². The lowest BCUT2D eigenvalue weighted by Gasteiger charge is -2.37. The summed E-state index contributed by atoms with van der Waals surface area (Å²) in [5, 5.41) is 13.6. The lowest BCUT2D eigenvalue weighted by Crippen LogP contribution is -2.48. The third-order valence-corrected chi connectivity index (χ3v) is 9.18. The van der Waals surface area contributed by atoms with Crippen LogP contribution in [0, 0.1) is 17.2 Å². The zero-order valence-corrected chi connectivity index (χ0v) is 23.8. The van der Waals surface area contributed by atoms with Crippen LogP contribution in [0.15, 0.2) is 35.2 Å². The number of aliphatic carboxylic acids is 1. The van der Waals surface area contributed by atoms with Crippen molar-refractivity contribution in [2.24, 2.45) is 11.3 Å². The molecule has 1 spiro atoms. The number of carbonyl (C=O) groups excluding carboxylic acids is 2. The topological polar surface area (TPSA) is 145 Å². The van der Waals surface area contributed by atoms with Gasteiger partial charge in [-0.15, -0.1) is 0 Å². The van der Waals surface area contributed by atoms with Gasteiger partial charge < -0.3 is 20.6 Å². The summed E-state index contributed by atoms with van der Waals surface area (Å²) >= 11 is 0. The number of carbonyl (C=O) groups is 3. The van der Waals surface area contributed by atoms with E-state index in [4.69, 9.17) is 9.90 Å². The molecule has 0 saturated carbocycles. The van der Waals surface area contributed by atoms with Crippen molar-refractivity contribution in [3.63, 3.8) is 0 Å². The van der Waals surface area contributed by atoms with Crippen LogP contribution in [0.25, 0.3) is 0 Å². The minimum atomic E-state index is -5.08. The standard InChI is InChI=1S/C25H35FN4O4S.C2HF3O2/c26-21-7-6-20-17-22(21)35(33,34)29-12-3-1-2-9-25(10-14-27-15-11-25)24(32)28-13-8-19-5-4-16-30(18-19)23(20)31;3-2(4,5)1(6)7/h1,3,6-7,17,19,27,29H,2,4-5,8-16,18H2,(H,28,32);(H,6,7)/b3-1+;. The van der Waals surface area contributed by atoms with Gasteiger partial charge in [0.05, 0.1) is 5.41 Å². The normalized spacial score (nSPS) is 24.2. The number of alkyl halides is 3. The van der Waals surface area contributed by atoms with Gasteiger partial charge in [-0.2, -0.15) is 13.2 Å². The molecule has 2 saturated heterocycles. The molecule has 0 aromatic heterocycles. The van der Waals surface area contributed by atoms with Crippen LogP contribution in [0.3, 0.4) is 0 Å². The Bertz CT molecular complexity index is 1270. The highest BCUT2D eigenvalue weighted by atomic mass is 32.2. The third kappa shape index (κ3) is 8.98. The van der Waals surface area contributed by atoms with Crippen LogP contribution in [0.1, 0.15) is 55.3 Å². The number of amides is 2. The molecule has 1 atom stereocenters. The van der Waals surface area contributed by atoms with Gasteiger partial charge in [-0.1, -0.05) is 12.2 Å². The number of piperidine rings is 2. The summed E-state index contributed by atoms with van der Waals surface area (Å²) < 4.78 is 74.1. The van der Waals surface area contributed by atoms with Crippen LogP contribution in [-0.2, 0) is 19.6 Å². The van der Waals surface area contributed by atoms with E-state index in [1.165, 1.54) is 6.07 Å². The van der Waals surface area contributed by atoms with E-state index in [2.05, 4.69) is 15.4 Å². The van der Waals surface area contributed by atoms with E-state index in [0.29, 0.717) is 32.5 Å². The van der Waals surface area contributed by atoms with Crippen molar-refractivity contribution in [2.45, 2.75) is 56.0 Å². The molecule has 0 radical (unpaired) electrons. The van der Waals surface area contributed by atoms with Gasteiger partial charge >= 0.3 is 12.1 Å². The van der Waals surface area contributed by atoms with Crippen LogP contribution in [0.4, 0.5) is 17.6 Å². The second-order valence-electron chi connectivity index (χ2n) is 10.6. The first-order chi connectivity index (χ1) is 19.7. The van der Waals surface area contributed by atoms with Gasteiger partial charge in [0.1, 0.15) is 10.7 Å². The molecule has 15 heteroatoms. The number of fused-ring (bicyclic) bond motifs is 4. The number of carboxylic acid groups (broad SMARTS) is 1. The Hall–Kier alpha value is -3.04. The van der Waals surface area contributed by atoms with Crippen molar-refractivity contribution in [2.75, 3.05) is 39.3 Å². The quantitative estimate of drug-likeness (QED) is 0.258. The largest absolute Gasteiger partial charge is 0.490 e. The van der Waals surface area contributed by atoms with E-state index in [-0.39, 0.29) is 29.8 Å². The Morgan fingerprint density at radius 2 is 1.74 bits per heavy atom. The SMILES string of the molecule is O=C(O)C(F)(F)F.O=C1c2ccc(F)c(c2)S(=O)(=O)NC/C=C/CCC2(CCNCC2)C(=O)NCCC2CCCN1C2. The molecule has 2 fully saturated rings. The van der Waals surface area contributed by atoms with Crippen molar-refractivity contribution in [1.29, 1.82) is 0 Å². The molecule has 4 N–H and O–H groups in total. The zero-order chi connectivity index (χ0) is 31.0. The first-order valence-electron chi connectivity index (χ1n) is 13.8. The highest BCUT2D eigenvalue weighted by molar-refractivity contribution is 7.89. The molecule has 10 nitrogen and oxygen atoms in total. The highest BCUT2D eigenvalue weighted by Gasteiger charge is 2.39. The second kappa shape index (κ2) is 14.4. The number of hydrogen-bond donors (Lipinski definition) is 4. The molecule has 1 unspecified atom stereocenters. The predicted molar refractivity (Wildman–Crippen MR) is 144 cm³/mol. The molecule has 4 rings (SSSR count). The van der Waals surface area contributed by atoms with E-state index < -0.39 is 38.3 Å². The molecular weight excluding hydrogens is 584 g/mol. The van der Waals surface area contributed by atoms with E-state index in [1.54, 1.807) is 11.0 Å². The monoisotopic (exact) mass is 620 g/mol. The third-order valence-electron chi connectivity index (χ3n) is 7.74. The molecule has 1 aromatic rings. The predicted octanol–water partition coefficient (Wildman–Crippen LogP) is 2.82. The average molecular weight is 621 g/mol. The lowest BCUT2D eigenvalue weighted by atomic mass is 9.74. The number of rotatable bonds is 0. The molecule has 0 aliphatic carbocycles. The maximum atomic E-state index is 14.4. The maximum absolute atomic E-state index is 14.4. The number of benzene rings is 1. The van der Waals surface area contributed by atoms with Crippen LogP contribution >= 0.6 is 0 Å². The summed E-state index contributed by atoms with van der Waals surface area (Å²) in [4.78, 5) is 36.4. The van der Waals surface area contributed by atoms with Crippen LogP contribution in [0.5, 0.6) is 0 Å². The minimum absolute atomic E-state index is 0.00545. The molecule has 2 amide bonds. The summed E-state index contributed by atoms with van der Waals surface area (Å²) in [6, 6.07) is 3.50. The number of sulfonamides is 1. The number of allylic oxidation sites excluding steroid dienone is 1. The van der Waals surface area contributed by atoms with Crippen molar-refractivity contribution >= 4 is 27.8 Å². The summed E-state index contributed by atoms with van der Waals surface area (Å²) in [6.07, 6.45) is 3.89. The minimum Gasteiger partial charge on any atom is -0.475 e. The summed E-state index contributed by atoms with van der Waals surface area (Å²) in [5.41, 5.74) is -0.281. The van der Waals surface area contributed by atoms with Gasteiger partial charge in [-0.05, 0) is 82.2 Å². The van der Waals surface area contributed by atoms with E-state index in [1.807, 2.05) is 6.08 Å². The lowest BCUT2D eigenvalue weighted by molar-refractivity contribution is -0.192. The number of nitrogens with one attached hydrogen (secondary N) is 3. The molecule has 3 heterocycles. The fraction of sp³-hybridized carbons (Fsp3) is 0.593. The van der Waals surface area contributed by atoms with Crippen LogP contribution < -0.4 is 15.4 Å². The smallest absolute Gasteiger partial charge is 0.475 e. The molecule has 234 valence electrons. The fourth-order valence-corrected chi connectivity index (χ4v) is 6.46. The molecule has 3 aliphatic heterocycles. The first-order valence-corrected chi connectivity index (χ1v) is 15.3. The van der Waals surface area contributed by atoms with Crippen molar-refractivity contribution in [3.8, 4) is 0 Å². The van der Waals surface area contributed by atoms with Crippen LogP contribution in [0.2, 0.25) is 0 Å². The Balaban J connectivity index is 0.000000616. The van der Waals surface area contributed by atoms with Crippen LogP contribution in [-0.4, -0.2) is 81.7 Å². The van der Waals surface area contributed by atoms with Crippen molar-refractivity contribution in [3.05, 3.63) is 41.7 Å². The molecule has 42 heavy (non-hydrogen) atoms. The zero-order valence-electron chi connectivity index (χ0n) is 23.0. The molecule has 4 bridgehead atoms. The highest BCUT2D eigenvalue weighted by Crippen LogP contribution is 2.35. The summed E-state index contributed by atoms with van der Waals surface area (Å²) in [7, 11) is -4.14. The van der Waals surface area contributed by atoms with E-state index in [0.717, 1.165) is 57.3 Å². The summed E-state index contributed by atoms with van der Waals surface area (Å²) in [5.74, 6) is -3.62. The van der Waals surface area contributed by atoms with E-state index >= 15 is 0 Å². The number of nitrogens with zero attached hydrogens (tertiary/aromatic N) is 1. The Kier molecular flexibility index (Phi) is 11.5. The van der Waals surface area contributed by atoms with Gasteiger partial charge in [0.2, 0.25) is 15.9 Å². The molecular formula is C27H36F4N4O6S. The van der Waals surface area contributed by atoms with Gasteiger partial charge in [0, 0.05) is 31.7 Å². The van der Waals surface area contributed by atoms with Gasteiger partial charge in [0.15, 0.2) is 0 Å². The van der Waals surface area contributed by atoms with E-state index in [9.17, 15) is 35.6 Å².